The molecular formula is C20H19BrN2O2S. The molecule has 3 rings (SSSR count). The first kappa shape index (κ1) is 18.6. The van der Waals surface area contributed by atoms with E-state index in [1.165, 1.54) is 16.2 Å². The number of anilines is 1. The topological polar surface area (TPSA) is 51.2 Å². The van der Waals surface area contributed by atoms with Gasteiger partial charge in [-0.15, -0.1) is 11.3 Å². The van der Waals surface area contributed by atoms with E-state index in [0.29, 0.717) is 10.7 Å². The molecule has 3 aromatic rings. The van der Waals surface area contributed by atoms with E-state index < -0.39 is 0 Å². The van der Waals surface area contributed by atoms with Gasteiger partial charge in [-0.2, -0.15) is 0 Å². The highest BCUT2D eigenvalue weighted by Crippen LogP contribution is 2.33. The molecule has 0 bridgehead atoms. The third-order valence-corrected chi connectivity index (χ3v) is 5.37. The van der Waals surface area contributed by atoms with E-state index in [1.54, 1.807) is 19.2 Å². The molecule has 134 valence electrons. The summed E-state index contributed by atoms with van der Waals surface area (Å²) in [5.74, 6) is 0.647. The number of aromatic nitrogens is 1. The number of halogens is 1. The average Bonchev–Trinajstić information content (AvgIpc) is 3.04. The Hall–Kier alpha value is -2.18. The number of hydrogen-bond acceptors (Lipinski definition) is 4. The van der Waals surface area contributed by atoms with Gasteiger partial charge in [-0.05, 0) is 48.9 Å². The van der Waals surface area contributed by atoms with Crippen molar-refractivity contribution in [2.24, 2.45) is 0 Å². The Morgan fingerprint density at radius 2 is 2.00 bits per heavy atom. The van der Waals surface area contributed by atoms with Gasteiger partial charge in [0.05, 0.1) is 12.8 Å². The second-order valence-electron chi connectivity index (χ2n) is 5.73. The lowest BCUT2D eigenvalue weighted by atomic mass is 10.1. The molecule has 0 fully saturated rings. The van der Waals surface area contributed by atoms with Gasteiger partial charge in [-0.25, -0.2) is 4.98 Å². The van der Waals surface area contributed by atoms with Crippen LogP contribution in [0.1, 0.15) is 28.6 Å². The Kier molecular flexibility index (Phi) is 6.06. The van der Waals surface area contributed by atoms with Crippen LogP contribution in [0.2, 0.25) is 0 Å². The molecule has 1 N–H and O–H groups in total. The third-order valence-electron chi connectivity index (χ3n) is 3.85. The van der Waals surface area contributed by atoms with E-state index >= 15 is 0 Å². The molecule has 0 saturated heterocycles. The van der Waals surface area contributed by atoms with E-state index in [2.05, 4.69) is 33.2 Å². The number of aryl methyl sites for hydroxylation is 1. The number of nitrogens with one attached hydrogen (secondary N) is 1. The van der Waals surface area contributed by atoms with Crippen LogP contribution in [-0.4, -0.2) is 18.0 Å². The van der Waals surface area contributed by atoms with Gasteiger partial charge in [0.2, 0.25) is 0 Å². The highest BCUT2D eigenvalue weighted by atomic mass is 79.9. The SMILES string of the molecule is CCCc1sc(NC(=O)c2cccc(Br)c2)nc1-c1ccc(OC)cc1. The molecule has 6 heteroatoms. The van der Waals surface area contributed by atoms with Crippen molar-refractivity contribution in [1.82, 2.24) is 4.98 Å². The van der Waals surface area contributed by atoms with Crippen molar-refractivity contribution < 1.29 is 9.53 Å². The second-order valence-corrected chi connectivity index (χ2v) is 7.73. The van der Waals surface area contributed by atoms with Crippen molar-refractivity contribution in [3.8, 4) is 17.0 Å². The van der Waals surface area contributed by atoms with Gasteiger partial charge in [0.1, 0.15) is 5.75 Å². The first-order valence-corrected chi connectivity index (χ1v) is 9.92. The first-order valence-electron chi connectivity index (χ1n) is 8.31. The molecule has 4 nitrogen and oxygen atoms in total. The molecule has 1 heterocycles. The molecular weight excluding hydrogens is 412 g/mol. The summed E-state index contributed by atoms with van der Waals surface area (Å²) in [4.78, 5) is 18.3. The normalized spacial score (nSPS) is 10.6. The maximum Gasteiger partial charge on any atom is 0.257 e. The van der Waals surface area contributed by atoms with Crippen LogP contribution in [0.15, 0.2) is 53.0 Å². The largest absolute Gasteiger partial charge is 0.497 e. The summed E-state index contributed by atoms with van der Waals surface area (Å²) in [5, 5.41) is 3.53. The maximum atomic E-state index is 12.5. The van der Waals surface area contributed by atoms with Crippen molar-refractivity contribution >= 4 is 38.3 Å². The zero-order valence-electron chi connectivity index (χ0n) is 14.6. The van der Waals surface area contributed by atoms with Gasteiger partial charge in [-0.3, -0.25) is 10.1 Å². The molecule has 0 aliphatic heterocycles. The third kappa shape index (κ3) is 4.31. The number of ether oxygens (including phenoxy) is 1. The number of benzene rings is 2. The van der Waals surface area contributed by atoms with Crippen molar-refractivity contribution in [2.45, 2.75) is 19.8 Å². The quantitative estimate of drug-likeness (QED) is 0.538. The Morgan fingerprint density at radius 3 is 2.65 bits per heavy atom. The molecule has 0 aliphatic rings. The minimum atomic E-state index is -0.163. The molecule has 0 spiro atoms. The summed E-state index contributed by atoms with van der Waals surface area (Å²) >= 11 is 4.92. The molecule has 0 radical (unpaired) electrons. The van der Waals surface area contributed by atoms with Gasteiger partial charge in [-0.1, -0.05) is 35.3 Å². The maximum absolute atomic E-state index is 12.5. The molecule has 0 atom stereocenters. The number of amides is 1. The van der Waals surface area contributed by atoms with Crippen molar-refractivity contribution in [2.75, 3.05) is 12.4 Å². The molecule has 26 heavy (non-hydrogen) atoms. The van der Waals surface area contributed by atoms with Crippen LogP contribution in [0.4, 0.5) is 5.13 Å². The van der Waals surface area contributed by atoms with E-state index in [4.69, 9.17) is 4.74 Å². The standard InChI is InChI=1S/C20H19BrN2O2S/c1-3-5-17-18(13-8-10-16(25-2)11-9-13)22-20(26-17)23-19(24)14-6-4-7-15(21)12-14/h4,6-12H,3,5H2,1-2H3,(H,22,23,24). The minimum absolute atomic E-state index is 0.163. The van der Waals surface area contributed by atoms with Crippen molar-refractivity contribution in [3.63, 3.8) is 0 Å². The van der Waals surface area contributed by atoms with Gasteiger partial charge in [0.25, 0.3) is 5.91 Å². The predicted octanol–water partition coefficient (Wildman–Crippen LogP) is 5.79. The summed E-state index contributed by atoms with van der Waals surface area (Å²) in [5.41, 5.74) is 2.54. The zero-order chi connectivity index (χ0) is 18.5. The highest BCUT2D eigenvalue weighted by Gasteiger charge is 2.15. The van der Waals surface area contributed by atoms with E-state index in [-0.39, 0.29) is 5.91 Å². The lowest BCUT2D eigenvalue weighted by Gasteiger charge is -2.03. The van der Waals surface area contributed by atoms with Crippen LogP contribution >= 0.6 is 27.3 Å². The highest BCUT2D eigenvalue weighted by molar-refractivity contribution is 9.10. The Labute approximate surface area is 165 Å². The van der Waals surface area contributed by atoms with E-state index in [1.807, 2.05) is 36.4 Å². The molecule has 1 aromatic heterocycles. The fraction of sp³-hybridized carbons (Fsp3) is 0.200. The Bertz CT molecular complexity index is 906. The van der Waals surface area contributed by atoms with Gasteiger partial charge in [0, 0.05) is 20.5 Å². The number of thiazole rings is 1. The monoisotopic (exact) mass is 430 g/mol. The molecule has 0 unspecified atom stereocenters. The van der Waals surface area contributed by atoms with Crippen LogP contribution in [0.5, 0.6) is 5.75 Å². The number of carbonyl (C=O) groups excluding carboxylic acids is 1. The molecule has 0 saturated carbocycles. The smallest absolute Gasteiger partial charge is 0.257 e. The van der Waals surface area contributed by atoms with Gasteiger partial charge >= 0.3 is 0 Å². The Morgan fingerprint density at radius 1 is 1.23 bits per heavy atom. The van der Waals surface area contributed by atoms with Crippen LogP contribution in [-0.2, 0) is 6.42 Å². The first-order chi connectivity index (χ1) is 12.6. The number of rotatable bonds is 6. The predicted molar refractivity (Wildman–Crippen MR) is 110 cm³/mol. The lowest BCUT2D eigenvalue weighted by Crippen LogP contribution is -2.11. The van der Waals surface area contributed by atoms with Crippen molar-refractivity contribution in [1.29, 1.82) is 0 Å². The summed E-state index contributed by atoms with van der Waals surface area (Å²) in [7, 11) is 1.65. The summed E-state index contributed by atoms with van der Waals surface area (Å²) in [6.45, 7) is 2.14. The van der Waals surface area contributed by atoms with E-state index in [0.717, 1.165) is 34.3 Å². The molecule has 0 aliphatic carbocycles. The van der Waals surface area contributed by atoms with E-state index in [9.17, 15) is 4.79 Å². The van der Waals surface area contributed by atoms with Crippen LogP contribution in [0.3, 0.4) is 0 Å². The molecule has 1 amide bonds. The summed E-state index contributed by atoms with van der Waals surface area (Å²) in [6, 6.07) is 15.1. The number of carbonyl (C=O) groups is 1. The second kappa shape index (κ2) is 8.47. The summed E-state index contributed by atoms with van der Waals surface area (Å²) in [6.07, 6.45) is 1.94. The van der Waals surface area contributed by atoms with Crippen LogP contribution < -0.4 is 10.1 Å². The van der Waals surface area contributed by atoms with Crippen molar-refractivity contribution in [3.05, 3.63) is 63.4 Å². The fourth-order valence-electron chi connectivity index (χ4n) is 2.58. The van der Waals surface area contributed by atoms with Crippen LogP contribution in [0.25, 0.3) is 11.3 Å². The Balaban J connectivity index is 1.87. The average molecular weight is 431 g/mol. The lowest BCUT2D eigenvalue weighted by molar-refractivity contribution is 0.102. The number of methoxy groups -OCH3 is 1. The minimum Gasteiger partial charge on any atom is -0.497 e. The number of nitrogens with zero attached hydrogens (tertiary/aromatic N) is 1. The number of hydrogen-bond donors (Lipinski definition) is 1. The molecule has 2 aromatic carbocycles. The van der Waals surface area contributed by atoms with Gasteiger partial charge < -0.3 is 4.74 Å². The zero-order valence-corrected chi connectivity index (χ0v) is 17.0. The van der Waals surface area contributed by atoms with Gasteiger partial charge in [0.15, 0.2) is 5.13 Å². The fourth-order valence-corrected chi connectivity index (χ4v) is 4.05. The van der Waals surface area contributed by atoms with Crippen LogP contribution in [0, 0.1) is 0 Å². The summed E-state index contributed by atoms with van der Waals surface area (Å²) < 4.78 is 6.09.